The molecular formula is C24H46O7Si. The van der Waals surface area contributed by atoms with E-state index in [-0.39, 0.29) is 24.1 Å². The number of ether oxygens (including phenoxy) is 5. The van der Waals surface area contributed by atoms with Crippen molar-refractivity contribution in [2.75, 3.05) is 21.3 Å². The zero-order valence-corrected chi connectivity index (χ0v) is 22.7. The Hall–Kier alpha value is -0.513. The van der Waals surface area contributed by atoms with Crippen LogP contribution in [0.1, 0.15) is 73.6 Å². The van der Waals surface area contributed by atoms with Gasteiger partial charge in [0.2, 0.25) is 11.6 Å². The van der Waals surface area contributed by atoms with Crippen LogP contribution < -0.4 is 0 Å². The Bertz CT molecular complexity index is 619. The molecule has 1 saturated heterocycles. The maximum absolute atomic E-state index is 13.3. The largest absolute Gasteiger partial charge is 0.467 e. The highest BCUT2D eigenvalue weighted by molar-refractivity contribution is 6.73. The van der Waals surface area contributed by atoms with Gasteiger partial charge in [0, 0.05) is 20.6 Å². The average molecular weight is 475 g/mol. The summed E-state index contributed by atoms with van der Waals surface area (Å²) in [7, 11) is 2.54. The summed E-state index contributed by atoms with van der Waals surface area (Å²) in [4.78, 5) is 13.3. The Morgan fingerprint density at radius 3 is 1.97 bits per heavy atom. The summed E-state index contributed by atoms with van der Waals surface area (Å²) in [5.74, 6) is -2.39. The molecule has 188 valence electrons. The maximum Gasteiger partial charge on any atom is 0.337 e. The summed E-state index contributed by atoms with van der Waals surface area (Å²) in [5, 5.41) is 0. The monoisotopic (exact) mass is 474 g/mol. The summed E-state index contributed by atoms with van der Waals surface area (Å²) in [6.45, 7) is 12.4. The molecule has 0 spiro atoms. The van der Waals surface area contributed by atoms with E-state index in [2.05, 4.69) is 27.7 Å². The second-order valence-corrected chi connectivity index (χ2v) is 14.4. The molecule has 2 fully saturated rings. The third kappa shape index (κ3) is 4.96. The van der Waals surface area contributed by atoms with Crippen molar-refractivity contribution >= 4 is 14.3 Å². The first kappa shape index (κ1) is 27.7. The summed E-state index contributed by atoms with van der Waals surface area (Å²) >= 11 is 0. The van der Waals surface area contributed by atoms with Gasteiger partial charge in [0.15, 0.2) is 13.9 Å². The fourth-order valence-corrected chi connectivity index (χ4v) is 8.48. The summed E-state index contributed by atoms with van der Waals surface area (Å²) in [5.41, 5.74) is -1.03. The van der Waals surface area contributed by atoms with Crippen molar-refractivity contribution in [1.82, 2.24) is 0 Å². The van der Waals surface area contributed by atoms with E-state index < -0.39 is 25.5 Å². The molecule has 1 aliphatic heterocycles. The Balaban J connectivity index is 2.52. The molecule has 7 nitrogen and oxygen atoms in total. The molecule has 0 bridgehead atoms. The average Bonchev–Trinajstić information content (AvgIpc) is 2.81. The summed E-state index contributed by atoms with van der Waals surface area (Å²) < 4.78 is 37.0. The van der Waals surface area contributed by atoms with Gasteiger partial charge in [-0.3, -0.25) is 0 Å². The quantitative estimate of drug-likeness (QED) is 0.307. The maximum atomic E-state index is 13.3. The van der Waals surface area contributed by atoms with Crippen molar-refractivity contribution in [2.24, 2.45) is 5.92 Å². The molecule has 0 N–H and O–H groups in total. The zero-order valence-electron chi connectivity index (χ0n) is 21.7. The molecule has 8 heteroatoms. The fourth-order valence-electron chi connectivity index (χ4n) is 5.47. The molecule has 0 amide bonds. The molecule has 32 heavy (non-hydrogen) atoms. The minimum Gasteiger partial charge on any atom is -0.467 e. The Morgan fingerprint density at radius 1 is 0.938 bits per heavy atom. The van der Waals surface area contributed by atoms with Crippen LogP contribution >= 0.6 is 0 Å². The number of fused-ring (bicyclic) bond motifs is 1. The lowest BCUT2D eigenvalue weighted by atomic mass is 9.72. The first-order valence-corrected chi connectivity index (χ1v) is 14.8. The van der Waals surface area contributed by atoms with Crippen molar-refractivity contribution in [3.05, 3.63) is 0 Å². The third-order valence-corrected chi connectivity index (χ3v) is 12.8. The van der Waals surface area contributed by atoms with E-state index in [9.17, 15) is 4.79 Å². The zero-order chi connectivity index (χ0) is 24.2. The number of rotatable bonds is 11. The number of carbonyl (C=O) groups is 1. The van der Waals surface area contributed by atoms with Crippen molar-refractivity contribution in [2.45, 2.75) is 121 Å². The van der Waals surface area contributed by atoms with Gasteiger partial charge in [-0.2, -0.15) is 0 Å². The molecule has 0 radical (unpaired) electrons. The fraction of sp³-hybridized carbons (Fsp3) is 0.958. The number of unbranched alkanes of at least 4 members (excludes halogenated alkanes) is 1. The molecule has 0 aromatic rings. The second kappa shape index (κ2) is 10.8. The Labute approximate surface area is 195 Å². The summed E-state index contributed by atoms with van der Waals surface area (Å²) in [6, 6.07) is 2.88. The van der Waals surface area contributed by atoms with Crippen LogP contribution in [0.4, 0.5) is 0 Å². The minimum atomic E-state index is -2.11. The Morgan fingerprint density at radius 2 is 1.50 bits per heavy atom. The van der Waals surface area contributed by atoms with Gasteiger partial charge in [0.1, 0.15) is 0 Å². The third-order valence-electron chi connectivity index (χ3n) is 8.13. The van der Waals surface area contributed by atoms with Gasteiger partial charge in [-0.25, -0.2) is 4.79 Å². The van der Waals surface area contributed by atoms with E-state index in [0.717, 1.165) is 37.4 Å². The van der Waals surface area contributed by atoms with Crippen LogP contribution in [-0.4, -0.2) is 65.0 Å². The van der Waals surface area contributed by atoms with Crippen LogP contribution in [0.2, 0.25) is 18.1 Å². The van der Waals surface area contributed by atoms with E-state index in [1.807, 2.05) is 13.8 Å². The van der Waals surface area contributed by atoms with E-state index in [1.165, 1.54) is 7.11 Å². The van der Waals surface area contributed by atoms with Crippen LogP contribution in [0.15, 0.2) is 0 Å². The summed E-state index contributed by atoms with van der Waals surface area (Å²) in [6.07, 6.45) is 3.41. The highest BCUT2D eigenvalue weighted by atomic mass is 28.4. The topological polar surface area (TPSA) is 72.5 Å². The molecule has 6 atom stereocenters. The van der Waals surface area contributed by atoms with Crippen molar-refractivity contribution in [1.29, 1.82) is 0 Å². The van der Waals surface area contributed by atoms with Gasteiger partial charge >= 0.3 is 5.97 Å². The van der Waals surface area contributed by atoms with Gasteiger partial charge in [0.05, 0.1) is 19.3 Å². The molecule has 0 aromatic heterocycles. The predicted octanol–water partition coefficient (Wildman–Crippen LogP) is 5.03. The number of carbonyl (C=O) groups excluding carboxylic acids is 1. The molecule has 2 rings (SSSR count). The van der Waals surface area contributed by atoms with Gasteiger partial charge in [-0.05, 0) is 50.7 Å². The molecule has 2 unspecified atom stereocenters. The van der Waals surface area contributed by atoms with E-state index in [0.29, 0.717) is 12.8 Å². The predicted molar refractivity (Wildman–Crippen MR) is 126 cm³/mol. The van der Waals surface area contributed by atoms with E-state index in [4.69, 9.17) is 28.1 Å². The number of hydrogen-bond donors (Lipinski definition) is 0. The molecule has 1 aliphatic carbocycles. The van der Waals surface area contributed by atoms with Crippen molar-refractivity contribution < 1.29 is 32.9 Å². The SMILES string of the molecule is CCCC[C@@H]1C[C@@](O[Si](CC)(CC)CC)(C(=O)OC)C[C@H]2OC(C)(OC)C(C)(OC)O[C@H]12. The molecule has 2 aliphatic rings. The first-order chi connectivity index (χ1) is 15.1. The highest BCUT2D eigenvalue weighted by Gasteiger charge is 2.63. The standard InChI is InChI=1S/C24H46O7Si/c1-10-14-15-18-16-24(21(25)26-7,31-32(11-2,12-3)13-4)17-19-20(18)30-23(6,28-9)22(5,27-8)29-19/h18-20H,10-17H2,1-9H3/t18-,19-,20-,22?,23?,24+/m1/s1. The van der Waals surface area contributed by atoms with Crippen molar-refractivity contribution in [3.63, 3.8) is 0 Å². The number of hydrogen-bond acceptors (Lipinski definition) is 7. The van der Waals surface area contributed by atoms with E-state index >= 15 is 0 Å². The van der Waals surface area contributed by atoms with Crippen LogP contribution in [0, 0.1) is 5.92 Å². The van der Waals surface area contributed by atoms with Gasteiger partial charge < -0.3 is 28.1 Å². The second-order valence-electron chi connectivity index (χ2n) is 9.68. The lowest BCUT2D eigenvalue weighted by Crippen LogP contribution is -2.70. The van der Waals surface area contributed by atoms with Gasteiger partial charge in [0.25, 0.3) is 0 Å². The van der Waals surface area contributed by atoms with Crippen LogP contribution in [0.25, 0.3) is 0 Å². The highest BCUT2D eigenvalue weighted by Crippen LogP contribution is 2.50. The molecule has 0 aromatic carbocycles. The van der Waals surface area contributed by atoms with Crippen molar-refractivity contribution in [3.8, 4) is 0 Å². The number of esters is 1. The van der Waals surface area contributed by atoms with Crippen LogP contribution in [0.5, 0.6) is 0 Å². The number of methoxy groups -OCH3 is 3. The molecule has 1 heterocycles. The van der Waals surface area contributed by atoms with Crippen LogP contribution in [-0.2, 0) is 32.9 Å². The molecule has 1 saturated carbocycles. The lowest BCUT2D eigenvalue weighted by molar-refractivity contribution is -0.459. The van der Waals surface area contributed by atoms with Crippen LogP contribution in [0.3, 0.4) is 0 Å². The van der Waals surface area contributed by atoms with E-state index in [1.54, 1.807) is 14.2 Å². The molecular weight excluding hydrogens is 428 g/mol. The Kier molecular flexibility index (Phi) is 9.38. The van der Waals surface area contributed by atoms with Gasteiger partial charge in [-0.15, -0.1) is 0 Å². The minimum absolute atomic E-state index is 0.0842. The van der Waals surface area contributed by atoms with Gasteiger partial charge in [-0.1, -0.05) is 40.5 Å². The normalized spacial score (nSPS) is 37.7. The first-order valence-electron chi connectivity index (χ1n) is 12.3. The smallest absolute Gasteiger partial charge is 0.337 e. The lowest BCUT2D eigenvalue weighted by Gasteiger charge is -2.58.